The van der Waals surface area contributed by atoms with Gasteiger partial charge in [-0.25, -0.2) is 5.43 Å². The molecule has 0 heterocycles. The molecule has 0 aliphatic rings. The number of nitro benzene ring substituents is 1. The molecule has 31 heavy (non-hydrogen) atoms. The Morgan fingerprint density at radius 1 is 0.935 bits per heavy atom. The van der Waals surface area contributed by atoms with Gasteiger partial charge in [0.1, 0.15) is 0 Å². The third-order valence-corrected chi connectivity index (χ3v) is 4.44. The smallest absolute Gasteiger partial charge is 0.270 e. The number of non-ortho nitro benzene ring substituents is 1. The van der Waals surface area contributed by atoms with Gasteiger partial charge in [0.25, 0.3) is 11.6 Å². The fourth-order valence-electron chi connectivity index (χ4n) is 2.99. The summed E-state index contributed by atoms with van der Waals surface area (Å²) < 4.78 is 0. The molecule has 3 aromatic rings. The molecule has 0 aliphatic carbocycles. The Hall–Kier alpha value is -4.33. The maximum Gasteiger partial charge on any atom is 0.270 e. The summed E-state index contributed by atoms with van der Waals surface area (Å²) in [7, 11) is 0. The van der Waals surface area contributed by atoms with E-state index >= 15 is 0 Å². The van der Waals surface area contributed by atoms with E-state index in [4.69, 9.17) is 0 Å². The van der Waals surface area contributed by atoms with Crippen LogP contribution in [0.2, 0.25) is 0 Å². The molecule has 0 bridgehead atoms. The topological polar surface area (TPSA) is 114 Å². The summed E-state index contributed by atoms with van der Waals surface area (Å²) in [4.78, 5) is 35.2. The lowest BCUT2D eigenvalue weighted by Crippen LogP contribution is -2.37. The van der Waals surface area contributed by atoms with Crippen molar-refractivity contribution in [3.8, 4) is 0 Å². The van der Waals surface area contributed by atoms with Crippen LogP contribution in [0.1, 0.15) is 22.6 Å². The van der Waals surface area contributed by atoms with Crippen LogP contribution in [0.15, 0.2) is 90.0 Å². The fourth-order valence-corrected chi connectivity index (χ4v) is 2.99. The number of benzene rings is 3. The van der Waals surface area contributed by atoms with Crippen molar-refractivity contribution in [1.82, 2.24) is 10.7 Å². The van der Waals surface area contributed by atoms with Crippen LogP contribution >= 0.6 is 0 Å². The van der Waals surface area contributed by atoms with E-state index in [1.165, 1.54) is 24.4 Å². The van der Waals surface area contributed by atoms with Crippen LogP contribution in [-0.2, 0) is 9.59 Å². The Balaban J connectivity index is 1.60. The van der Waals surface area contributed by atoms with Crippen LogP contribution < -0.4 is 10.7 Å². The molecule has 3 rings (SSSR count). The van der Waals surface area contributed by atoms with Gasteiger partial charge in [0.2, 0.25) is 5.91 Å². The number of carbonyl (C=O) groups excluding carboxylic acids is 2. The fraction of sp³-hybridized carbons (Fsp3) is 0.0870. The minimum Gasteiger partial charge on any atom is -0.346 e. The number of amides is 2. The van der Waals surface area contributed by atoms with Crippen molar-refractivity contribution in [2.75, 3.05) is 6.54 Å². The molecule has 3 aromatic carbocycles. The Morgan fingerprint density at radius 3 is 2.13 bits per heavy atom. The average molecular weight is 416 g/mol. The number of hydrogen-bond acceptors (Lipinski definition) is 5. The molecule has 156 valence electrons. The van der Waals surface area contributed by atoms with E-state index in [0.29, 0.717) is 5.56 Å². The zero-order valence-corrected chi connectivity index (χ0v) is 16.5. The van der Waals surface area contributed by atoms with Gasteiger partial charge >= 0.3 is 0 Å². The zero-order chi connectivity index (χ0) is 22.1. The highest BCUT2D eigenvalue weighted by molar-refractivity contribution is 5.91. The second-order valence-electron chi connectivity index (χ2n) is 6.62. The normalized spacial score (nSPS) is 10.7. The van der Waals surface area contributed by atoms with E-state index in [1.807, 2.05) is 60.7 Å². The SMILES string of the molecule is O=C(CNC(=O)C(c1ccccc1)c1ccccc1)N/N=C/c1cccc([N+](=O)[O-])c1. The summed E-state index contributed by atoms with van der Waals surface area (Å²) >= 11 is 0. The molecule has 2 N–H and O–H groups in total. The Labute approximate surface area is 178 Å². The highest BCUT2D eigenvalue weighted by Gasteiger charge is 2.22. The molecule has 0 spiro atoms. The van der Waals surface area contributed by atoms with Gasteiger partial charge in [-0.1, -0.05) is 72.8 Å². The first kappa shape index (κ1) is 21.4. The lowest BCUT2D eigenvalue weighted by atomic mass is 9.90. The molecule has 8 nitrogen and oxygen atoms in total. The summed E-state index contributed by atoms with van der Waals surface area (Å²) in [6, 6.07) is 24.4. The van der Waals surface area contributed by atoms with Crippen molar-refractivity contribution in [3.05, 3.63) is 112 Å². The van der Waals surface area contributed by atoms with Crippen molar-refractivity contribution in [3.63, 3.8) is 0 Å². The number of nitrogens with one attached hydrogen (secondary N) is 2. The van der Waals surface area contributed by atoms with E-state index in [-0.39, 0.29) is 18.1 Å². The van der Waals surface area contributed by atoms with Crippen molar-refractivity contribution < 1.29 is 14.5 Å². The molecule has 0 aromatic heterocycles. The van der Waals surface area contributed by atoms with E-state index in [0.717, 1.165) is 11.1 Å². The van der Waals surface area contributed by atoms with Crippen LogP contribution in [0.5, 0.6) is 0 Å². The van der Waals surface area contributed by atoms with Gasteiger partial charge in [0, 0.05) is 17.7 Å². The monoisotopic (exact) mass is 416 g/mol. The first-order chi connectivity index (χ1) is 15.0. The third kappa shape index (κ3) is 6.07. The van der Waals surface area contributed by atoms with Gasteiger partial charge in [-0.3, -0.25) is 19.7 Å². The molecule has 0 saturated carbocycles. The molecule has 0 saturated heterocycles. The first-order valence-electron chi connectivity index (χ1n) is 9.48. The highest BCUT2D eigenvalue weighted by atomic mass is 16.6. The van der Waals surface area contributed by atoms with Gasteiger partial charge in [0.05, 0.1) is 23.6 Å². The van der Waals surface area contributed by atoms with Crippen molar-refractivity contribution >= 4 is 23.7 Å². The van der Waals surface area contributed by atoms with E-state index in [9.17, 15) is 19.7 Å². The second kappa shape index (κ2) is 10.4. The molecular formula is C23H20N4O4. The summed E-state index contributed by atoms with van der Waals surface area (Å²) in [6.07, 6.45) is 1.30. The second-order valence-corrected chi connectivity index (χ2v) is 6.62. The molecule has 8 heteroatoms. The van der Waals surface area contributed by atoms with Gasteiger partial charge in [-0.2, -0.15) is 5.10 Å². The molecule has 0 unspecified atom stereocenters. The Bertz CT molecular complexity index is 1050. The zero-order valence-electron chi connectivity index (χ0n) is 16.5. The number of hydrogen-bond donors (Lipinski definition) is 2. The van der Waals surface area contributed by atoms with Crippen molar-refractivity contribution in [2.24, 2.45) is 5.10 Å². The van der Waals surface area contributed by atoms with Gasteiger partial charge < -0.3 is 5.32 Å². The molecule has 0 fully saturated rings. The number of nitrogens with zero attached hydrogens (tertiary/aromatic N) is 2. The van der Waals surface area contributed by atoms with E-state index in [1.54, 1.807) is 6.07 Å². The average Bonchev–Trinajstić information content (AvgIpc) is 2.79. The third-order valence-electron chi connectivity index (χ3n) is 4.44. The quantitative estimate of drug-likeness (QED) is 0.334. The predicted octanol–water partition coefficient (Wildman–Crippen LogP) is 2.99. The summed E-state index contributed by atoms with van der Waals surface area (Å²) in [5.41, 5.74) is 4.32. The highest BCUT2D eigenvalue weighted by Crippen LogP contribution is 2.24. The van der Waals surface area contributed by atoms with Gasteiger partial charge in [0.15, 0.2) is 0 Å². The van der Waals surface area contributed by atoms with Crippen LogP contribution in [0.25, 0.3) is 0 Å². The van der Waals surface area contributed by atoms with Gasteiger partial charge in [-0.15, -0.1) is 0 Å². The number of nitro groups is 1. The molecule has 0 aliphatic heterocycles. The minimum absolute atomic E-state index is 0.0737. The number of rotatable bonds is 8. The standard InChI is InChI=1S/C23H20N4O4/c28-21(26-25-15-17-8-7-13-20(14-17)27(30)31)16-24-23(29)22(18-9-3-1-4-10-18)19-11-5-2-6-12-19/h1-15,22H,16H2,(H,24,29)(H,26,28)/b25-15+. The van der Waals surface area contributed by atoms with E-state index < -0.39 is 16.7 Å². The molecule has 0 atom stereocenters. The van der Waals surface area contributed by atoms with E-state index in [2.05, 4.69) is 15.8 Å². The maximum atomic E-state index is 12.9. The van der Waals surface area contributed by atoms with Crippen molar-refractivity contribution in [1.29, 1.82) is 0 Å². The summed E-state index contributed by atoms with van der Waals surface area (Å²) in [5.74, 6) is -1.38. The first-order valence-corrected chi connectivity index (χ1v) is 9.48. The molecule has 0 radical (unpaired) electrons. The van der Waals surface area contributed by atoms with Crippen LogP contribution in [-0.4, -0.2) is 29.5 Å². The van der Waals surface area contributed by atoms with Crippen LogP contribution in [0.3, 0.4) is 0 Å². The summed E-state index contributed by atoms with van der Waals surface area (Å²) in [6.45, 7) is -0.263. The van der Waals surface area contributed by atoms with Crippen molar-refractivity contribution in [2.45, 2.75) is 5.92 Å². The Morgan fingerprint density at radius 2 is 1.55 bits per heavy atom. The van der Waals surface area contributed by atoms with Gasteiger partial charge in [-0.05, 0) is 11.1 Å². The van der Waals surface area contributed by atoms with Crippen LogP contribution in [0, 0.1) is 10.1 Å². The minimum atomic E-state index is -0.552. The number of carbonyl (C=O) groups is 2. The predicted molar refractivity (Wildman–Crippen MR) is 117 cm³/mol. The lowest BCUT2D eigenvalue weighted by molar-refractivity contribution is -0.384. The van der Waals surface area contributed by atoms with Crippen LogP contribution in [0.4, 0.5) is 5.69 Å². The Kier molecular flexibility index (Phi) is 7.21. The lowest BCUT2D eigenvalue weighted by Gasteiger charge is -2.17. The molecule has 2 amide bonds. The molecular weight excluding hydrogens is 396 g/mol. The number of hydrazone groups is 1. The summed E-state index contributed by atoms with van der Waals surface area (Å²) in [5, 5.41) is 17.2. The largest absolute Gasteiger partial charge is 0.346 e. The maximum absolute atomic E-state index is 12.9.